The van der Waals surface area contributed by atoms with Gasteiger partial charge in [-0.15, -0.1) is 10.2 Å². The van der Waals surface area contributed by atoms with Gasteiger partial charge < -0.3 is 24.7 Å². The second-order valence-electron chi connectivity index (χ2n) is 18.2. The third-order valence-corrected chi connectivity index (χ3v) is 14.0. The first-order valence-electron chi connectivity index (χ1n) is 23.3. The Labute approximate surface area is 385 Å². The average Bonchev–Trinajstić information content (AvgIpc) is 3.65. The summed E-state index contributed by atoms with van der Waals surface area (Å²) < 4.78 is 9.66. The van der Waals surface area contributed by atoms with Gasteiger partial charge in [0.25, 0.3) is 11.8 Å². The molecule has 11 rings (SSSR count). The molecule has 14 nitrogen and oxygen atoms in total. The number of carboxylic acids is 1. The highest BCUT2D eigenvalue weighted by Crippen LogP contribution is 2.49. The maximum Gasteiger partial charge on any atom is 0.363 e. The van der Waals surface area contributed by atoms with E-state index in [1.54, 1.807) is 30.3 Å². The normalized spacial score (nSPS) is 16.9. The number of ketones is 1. The monoisotopic (exact) mass is 898 g/mol. The third-order valence-electron chi connectivity index (χ3n) is 14.0. The number of amides is 2. The molecular formula is C53H48N5O9+. The molecule has 0 spiro atoms. The fourth-order valence-electron chi connectivity index (χ4n) is 10.9. The minimum absolute atomic E-state index is 0.00340. The molecule has 0 unspecified atom stereocenters. The zero-order chi connectivity index (χ0) is 45.9. The van der Waals surface area contributed by atoms with Crippen LogP contribution in [0.15, 0.2) is 83.0 Å². The maximum absolute atomic E-state index is 13.8. The summed E-state index contributed by atoms with van der Waals surface area (Å²) in [6, 6.07) is 20.5. The van der Waals surface area contributed by atoms with Crippen LogP contribution in [-0.4, -0.2) is 71.0 Å². The number of carbonyl (C=O) groups excluding carboxylic acids is 4. The molecule has 14 heteroatoms. The quantitative estimate of drug-likeness (QED) is 0.0578. The van der Waals surface area contributed by atoms with Crippen molar-refractivity contribution < 1.29 is 43.8 Å². The summed E-state index contributed by atoms with van der Waals surface area (Å²) in [4.78, 5) is 70.6. The van der Waals surface area contributed by atoms with Gasteiger partial charge in [0.15, 0.2) is 5.78 Å². The Balaban J connectivity index is 0.832. The molecule has 0 bridgehead atoms. The maximum atomic E-state index is 13.8. The van der Waals surface area contributed by atoms with Gasteiger partial charge in [0.2, 0.25) is 5.36 Å². The Kier molecular flexibility index (Phi) is 10.7. The number of imide groups is 1. The Hall–Kier alpha value is -7.48. The van der Waals surface area contributed by atoms with Gasteiger partial charge in [-0.2, -0.15) is 5.11 Å². The van der Waals surface area contributed by atoms with Gasteiger partial charge in [-0.25, -0.2) is 14.2 Å². The van der Waals surface area contributed by atoms with Crippen molar-refractivity contribution in [2.45, 2.75) is 83.5 Å². The van der Waals surface area contributed by atoms with Crippen LogP contribution < -0.4 is 24.8 Å². The van der Waals surface area contributed by atoms with Crippen LogP contribution in [0.2, 0.25) is 0 Å². The van der Waals surface area contributed by atoms with Crippen molar-refractivity contribution in [3.05, 3.63) is 139 Å². The lowest BCUT2D eigenvalue weighted by Gasteiger charge is -2.39. The van der Waals surface area contributed by atoms with Crippen molar-refractivity contribution in [1.82, 2.24) is 9.64 Å². The number of hydroxylamine groups is 2. The number of anilines is 1. The van der Waals surface area contributed by atoms with Crippen LogP contribution in [0, 0.1) is 0 Å². The van der Waals surface area contributed by atoms with E-state index in [4.69, 9.17) is 9.57 Å². The van der Waals surface area contributed by atoms with E-state index in [0.717, 1.165) is 111 Å². The molecule has 0 saturated carbocycles. The molecule has 67 heavy (non-hydrogen) atoms. The molecule has 1 saturated heterocycles. The third kappa shape index (κ3) is 7.63. The summed E-state index contributed by atoms with van der Waals surface area (Å²) >= 11 is 0. The molecule has 1 fully saturated rings. The number of hydrogen-bond acceptors (Lipinski definition) is 11. The Morgan fingerprint density at radius 3 is 2.24 bits per heavy atom. The van der Waals surface area contributed by atoms with Crippen LogP contribution in [0.5, 0.6) is 17.2 Å². The van der Waals surface area contributed by atoms with Crippen molar-refractivity contribution >= 4 is 52.2 Å². The van der Waals surface area contributed by atoms with Crippen LogP contribution in [-0.2, 0) is 46.5 Å². The first kappa shape index (κ1) is 42.2. The summed E-state index contributed by atoms with van der Waals surface area (Å²) in [7, 11) is 0. The van der Waals surface area contributed by atoms with Gasteiger partial charge in [0.1, 0.15) is 36.0 Å². The lowest BCUT2D eigenvalue weighted by atomic mass is 9.81. The number of ether oxygens (including phenoxy) is 1. The Morgan fingerprint density at radius 1 is 0.731 bits per heavy atom. The van der Waals surface area contributed by atoms with Crippen LogP contribution in [0.25, 0.3) is 5.57 Å². The largest absolute Gasteiger partial charge is 0.506 e. The number of hydrogen-bond donors (Lipinski definition) is 2. The highest BCUT2D eigenvalue weighted by Gasteiger charge is 2.37. The predicted molar refractivity (Wildman–Crippen MR) is 246 cm³/mol. The van der Waals surface area contributed by atoms with E-state index in [0.29, 0.717) is 34.7 Å². The number of aromatic carboxylic acids is 1. The van der Waals surface area contributed by atoms with E-state index in [-0.39, 0.29) is 47.6 Å². The van der Waals surface area contributed by atoms with Gasteiger partial charge in [-0.3, -0.25) is 14.4 Å². The lowest BCUT2D eigenvalue weighted by Crippen LogP contribution is -2.45. The molecule has 5 aromatic rings. The summed E-state index contributed by atoms with van der Waals surface area (Å²) in [5.74, 6) is -1.67. The molecular weight excluding hydrogens is 851 g/mol. The van der Waals surface area contributed by atoms with Gasteiger partial charge in [0.05, 0.1) is 22.4 Å². The highest BCUT2D eigenvalue weighted by molar-refractivity contribution is 6.04. The molecule has 5 aromatic carbocycles. The van der Waals surface area contributed by atoms with Crippen molar-refractivity contribution in [3.8, 4) is 17.2 Å². The van der Waals surface area contributed by atoms with E-state index in [1.807, 2.05) is 6.07 Å². The summed E-state index contributed by atoms with van der Waals surface area (Å²) in [6.45, 7) is 4.11. The number of benzene rings is 5. The minimum Gasteiger partial charge on any atom is -0.506 e. The van der Waals surface area contributed by atoms with Gasteiger partial charge in [-0.1, -0.05) is 18.2 Å². The van der Waals surface area contributed by atoms with Crippen molar-refractivity contribution in [3.63, 3.8) is 0 Å². The number of fused-ring (bicyclic) bond motifs is 4. The number of carbonyl (C=O) groups is 5. The molecule has 2 N–H and O–H groups in total. The molecule has 0 aromatic heterocycles. The summed E-state index contributed by atoms with van der Waals surface area (Å²) in [5.41, 5.74) is 10.6. The van der Waals surface area contributed by atoms with Crippen LogP contribution >= 0.6 is 0 Å². The van der Waals surface area contributed by atoms with E-state index < -0.39 is 23.8 Å². The average molecular weight is 899 g/mol. The SMILES string of the molecule is O=C(CCCc1ccc(N=Nc2ccc(C(=O)ON3C(=O)CCC3=O)cc2)c(O)c1)c1ccc(C2=c3cc4c5c(c3Oc3c2cc2c6c3CCCN6CCC2)CCC[N+]=5CCC4)c(C(=O)O)c1. The number of phenols is 1. The molecule has 0 aliphatic carbocycles. The van der Waals surface area contributed by atoms with E-state index in [1.165, 1.54) is 57.6 Å². The second-order valence-corrected chi connectivity index (χ2v) is 18.2. The standard InChI is InChI=1S/C53H47N5O9/c59-43(11-1-6-30-12-19-42(44(60)26-30)55-54-35-16-13-31(14-17-35)53(65)67-58-45(61)20-21-46(58)62)32-15-18-36(39(27-32)52(63)64)47-40-28-33-7-2-22-56-24-4-9-37(48(33)56)50(40)66-51-38-10-5-25-57-23-3-8-34(49(38)57)29-41(47)51/h12-19,26-29H,1-11,20-25H2,(H-,54,60,63,64,65)/p+1. The number of Topliss-reactive ketones (excluding diaryl/α,β-unsaturated/α-hetero) is 1. The highest BCUT2D eigenvalue weighted by atomic mass is 16.7. The van der Waals surface area contributed by atoms with Crippen LogP contribution in [0.3, 0.4) is 0 Å². The Morgan fingerprint density at radius 2 is 1.46 bits per heavy atom. The molecule has 0 atom stereocenters. The number of aromatic hydroxyl groups is 1. The van der Waals surface area contributed by atoms with E-state index in [9.17, 15) is 34.2 Å². The molecule has 6 aliphatic rings. The topological polar surface area (TPSA) is 178 Å². The number of carboxylic acid groups (broad SMARTS) is 1. The number of rotatable bonds is 11. The number of nitrogens with zero attached hydrogens (tertiary/aromatic N) is 5. The van der Waals surface area contributed by atoms with Gasteiger partial charge in [-0.05, 0) is 123 Å². The number of azo groups is 1. The first-order chi connectivity index (χ1) is 32.6. The molecule has 338 valence electrons. The van der Waals surface area contributed by atoms with Crippen molar-refractivity contribution in [2.24, 2.45) is 10.2 Å². The molecule has 2 amide bonds. The zero-order valence-corrected chi connectivity index (χ0v) is 36.9. The summed E-state index contributed by atoms with van der Waals surface area (Å²) in [5, 5.41) is 32.7. The van der Waals surface area contributed by atoms with Gasteiger partial charge in [0, 0.05) is 83.9 Å². The summed E-state index contributed by atoms with van der Waals surface area (Å²) in [6.07, 6.45) is 9.03. The molecule has 0 radical (unpaired) electrons. The molecule has 6 heterocycles. The van der Waals surface area contributed by atoms with Crippen molar-refractivity contribution in [2.75, 3.05) is 31.1 Å². The second kappa shape index (κ2) is 17.1. The zero-order valence-electron chi connectivity index (χ0n) is 36.9. The van der Waals surface area contributed by atoms with Crippen LogP contribution in [0.4, 0.5) is 17.1 Å². The van der Waals surface area contributed by atoms with Crippen LogP contribution in [0.1, 0.15) is 121 Å². The smallest absolute Gasteiger partial charge is 0.363 e. The van der Waals surface area contributed by atoms with Gasteiger partial charge >= 0.3 is 11.9 Å². The fraction of sp³-hybridized carbons (Fsp3) is 0.321. The van der Waals surface area contributed by atoms with Crippen molar-refractivity contribution in [1.29, 1.82) is 0 Å². The first-order valence-corrected chi connectivity index (χ1v) is 23.3. The number of aryl methyl sites for hydroxylation is 3. The van der Waals surface area contributed by atoms with E-state index in [2.05, 4.69) is 31.8 Å². The lowest BCUT2D eigenvalue weighted by molar-refractivity contribution is -0.172. The fourth-order valence-corrected chi connectivity index (χ4v) is 10.9. The Bertz CT molecular complexity index is 3140. The predicted octanol–water partition coefficient (Wildman–Crippen LogP) is 7.37. The molecule has 6 aliphatic heterocycles. The minimum atomic E-state index is -1.09. The number of phenolic OH excluding ortho intramolecular Hbond substituents is 1. The van der Waals surface area contributed by atoms with E-state index >= 15 is 0 Å².